The fourth-order valence-corrected chi connectivity index (χ4v) is 3.69. The normalized spacial score (nSPS) is 11.1. The molecule has 0 saturated carbocycles. The molecule has 0 N–H and O–H groups in total. The number of carbonyl (C=O) groups is 2. The molecule has 0 unspecified atom stereocenters. The van der Waals surface area contributed by atoms with Crippen LogP contribution in [0.15, 0.2) is 89.6 Å². The Morgan fingerprint density at radius 1 is 0.700 bits per heavy atom. The van der Waals surface area contributed by atoms with Gasteiger partial charge in [0.15, 0.2) is 0 Å². The number of benzene rings is 4. The lowest BCUT2D eigenvalue weighted by Gasteiger charge is -2.05. The van der Waals surface area contributed by atoms with Crippen molar-refractivity contribution in [3.8, 4) is 0 Å². The third-order valence-corrected chi connectivity index (χ3v) is 5.11. The molecular weight excluding hydrogens is 380 g/mol. The molecule has 6 heteroatoms. The van der Waals surface area contributed by atoms with Gasteiger partial charge in [0.25, 0.3) is 11.4 Å². The number of aromatic nitrogens is 2. The van der Waals surface area contributed by atoms with E-state index in [4.69, 9.17) is 0 Å². The zero-order chi connectivity index (χ0) is 20.7. The van der Waals surface area contributed by atoms with E-state index in [1.54, 1.807) is 42.5 Å². The summed E-state index contributed by atoms with van der Waals surface area (Å²) < 4.78 is 4.67. The predicted molar refractivity (Wildman–Crippen MR) is 110 cm³/mol. The molecule has 1 aromatic heterocycles. The minimum absolute atomic E-state index is 0.00245. The zero-order valence-electron chi connectivity index (χ0n) is 15.6. The first-order valence-electron chi connectivity index (χ1n) is 9.30. The molecule has 0 amide bonds. The molecule has 1 heterocycles. The molecule has 0 atom stereocenters. The van der Waals surface area contributed by atoms with Crippen molar-refractivity contribution >= 4 is 33.1 Å². The second-order valence-corrected chi connectivity index (χ2v) is 6.84. The molecule has 0 aliphatic heterocycles. The van der Waals surface area contributed by atoms with E-state index in [0.717, 1.165) is 10.8 Å². The summed E-state index contributed by atoms with van der Waals surface area (Å²) in [5.41, 5.74) is -0.0922. The van der Waals surface area contributed by atoms with Gasteiger partial charge in [0.05, 0.1) is 5.16 Å². The molecule has 6 nitrogen and oxygen atoms in total. The van der Waals surface area contributed by atoms with Gasteiger partial charge in [-0.1, -0.05) is 84.9 Å². The summed E-state index contributed by atoms with van der Waals surface area (Å²) in [5, 5.41) is 19.0. The van der Waals surface area contributed by atoms with Crippen molar-refractivity contribution in [2.45, 2.75) is 0 Å². The summed E-state index contributed by atoms with van der Waals surface area (Å²) in [4.78, 5) is 26.6. The molecule has 4 aromatic carbocycles. The number of rotatable bonds is 4. The highest BCUT2D eigenvalue weighted by Gasteiger charge is 2.34. The number of hydrogen-bond donors (Lipinski definition) is 0. The highest BCUT2D eigenvalue weighted by atomic mass is 16.8. The number of fused-ring (bicyclic) bond motifs is 2. The van der Waals surface area contributed by atoms with Crippen LogP contribution < -0.4 is 4.90 Å². The first-order chi connectivity index (χ1) is 14.6. The van der Waals surface area contributed by atoms with Gasteiger partial charge in [-0.05, 0) is 26.4 Å². The Labute approximate surface area is 170 Å². The van der Waals surface area contributed by atoms with E-state index < -0.39 is 17.3 Å². The minimum Gasteiger partial charge on any atom is -0.359 e. The first kappa shape index (κ1) is 17.8. The SMILES string of the molecule is O=C(c1no[n+]([O-])c1C(=O)c1cccc2ccccc12)c1cccc2ccccc12. The second kappa shape index (κ2) is 6.93. The minimum atomic E-state index is -0.619. The predicted octanol–water partition coefficient (Wildman–Crippen LogP) is 4.08. The van der Waals surface area contributed by atoms with Crippen LogP contribution in [-0.2, 0) is 0 Å². The van der Waals surface area contributed by atoms with Crippen LogP contribution in [-0.4, -0.2) is 16.7 Å². The third-order valence-electron chi connectivity index (χ3n) is 5.11. The fourth-order valence-electron chi connectivity index (χ4n) is 3.69. The summed E-state index contributed by atoms with van der Waals surface area (Å²) in [6.45, 7) is 0. The standard InChI is InChI=1S/C24H14N2O4/c27-23(19-13-5-9-15-7-1-3-11-17(15)19)21-22(26(29)30-25-21)24(28)20-14-6-10-16-8-2-4-12-18(16)20/h1-14H. The second-order valence-electron chi connectivity index (χ2n) is 6.84. The van der Waals surface area contributed by atoms with E-state index >= 15 is 0 Å². The van der Waals surface area contributed by atoms with Gasteiger partial charge in [-0.2, -0.15) is 0 Å². The molecule has 5 aromatic rings. The smallest absolute Gasteiger partial charge is 0.300 e. The third kappa shape index (κ3) is 2.74. The monoisotopic (exact) mass is 394 g/mol. The van der Waals surface area contributed by atoms with Crippen LogP contribution in [0.1, 0.15) is 32.1 Å². The molecule has 0 spiro atoms. The van der Waals surface area contributed by atoms with Gasteiger partial charge in [-0.15, -0.1) is 0 Å². The Balaban J connectivity index is 1.66. The molecule has 30 heavy (non-hydrogen) atoms. The Morgan fingerprint density at radius 2 is 1.20 bits per heavy atom. The topological polar surface area (TPSA) is 87.1 Å². The summed E-state index contributed by atoms with van der Waals surface area (Å²) in [7, 11) is 0. The van der Waals surface area contributed by atoms with Crippen LogP contribution in [0, 0.1) is 5.21 Å². The van der Waals surface area contributed by atoms with Crippen molar-refractivity contribution in [2.75, 3.05) is 0 Å². The van der Waals surface area contributed by atoms with Crippen LogP contribution in [0.3, 0.4) is 0 Å². The lowest BCUT2D eigenvalue weighted by Crippen LogP contribution is -2.33. The van der Waals surface area contributed by atoms with Gasteiger partial charge in [-0.25, -0.2) is 0 Å². The van der Waals surface area contributed by atoms with Gasteiger partial charge in [-0.3, -0.25) is 14.2 Å². The van der Waals surface area contributed by atoms with Gasteiger partial charge in [0.1, 0.15) is 0 Å². The quantitative estimate of drug-likeness (QED) is 0.339. The molecule has 0 aliphatic carbocycles. The van der Waals surface area contributed by atoms with Gasteiger partial charge in [0, 0.05) is 11.1 Å². The van der Waals surface area contributed by atoms with Crippen molar-refractivity contribution in [3.63, 3.8) is 0 Å². The first-order valence-corrected chi connectivity index (χ1v) is 9.30. The number of nitrogens with zero attached hydrogens (tertiary/aromatic N) is 2. The average molecular weight is 394 g/mol. The van der Waals surface area contributed by atoms with E-state index in [9.17, 15) is 14.8 Å². The van der Waals surface area contributed by atoms with Crippen molar-refractivity contribution in [1.29, 1.82) is 0 Å². The Morgan fingerprint density at radius 3 is 1.80 bits per heavy atom. The van der Waals surface area contributed by atoms with Crippen molar-refractivity contribution in [3.05, 3.63) is 113 Å². The molecule has 0 radical (unpaired) electrons. The average Bonchev–Trinajstić information content (AvgIpc) is 3.18. The van der Waals surface area contributed by atoms with Gasteiger partial charge >= 0.3 is 0 Å². The Bertz CT molecular complexity index is 1440. The van der Waals surface area contributed by atoms with Crippen LogP contribution in [0.4, 0.5) is 0 Å². The molecular formula is C24H14N2O4. The molecule has 0 fully saturated rings. The van der Waals surface area contributed by atoms with E-state index in [1.165, 1.54) is 0 Å². The highest BCUT2D eigenvalue weighted by Crippen LogP contribution is 2.24. The highest BCUT2D eigenvalue weighted by molar-refractivity contribution is 6.22. The largest absolute Gasteiger partial charge is 0.359 e. The van der Waals surface area contributed by atoms with Crippen molar-refractivity contribution in [2.24, 2.45) is 0 Å². The zero-order valence-corrected chi connectivity index (χ0v) is 15.6. The van der Waals surface area contributed by atoms with Crippen LogP contribution in [0.25, 0.3) is 21.5 Å². The summed E-state index contributed by atoms with van der Waals surface area (Å²) in [6.07, 6.45) is 0. The van der Waals surface area contributed by atoms with Gasteiger partial charge in [0.2, 0.25) is 11.6 Å². The van der Waals surface area contributed by atoms with E-state index in [2.05, 4.69) is 9.79 Å². The number of ketones is 2. The van der Waals surface area contributed by atoms with Crippen LogP contribution in [0.2, 0.25) is 0 Å². The molecule has 0 saturated heterocycles. The fraction of sp³-hybridized carbons (Fsp3) is 0. The van der Waals surface area contributed by atoms with E-state index in [-0.39, 0.29) is 10.6 Å². The lowest BCUT2D eigenvalue weighted by atomic mass is 9.95. The van der Waals surface area contributed by atoms with E-state index in [1.807, 2.05) is 42.5 Å². The number of carbonyl (C=O) groups excluding carboxylic acids is 2. The van der Waals surface area contributed by atoms with Gasteiger partial charge < -0.3 is 5.21 Å². The van der Waals surface area contributed by atoms with Crippen LogP contribution in [0.5, 0.6) is 0 Å². The summed E-state index contributed by atoms with van der Waals surface area (Å²) in [5.74, 6) is -1.17. The van der Waals surface area contributed by atoms with Crippen LogP contribution >= 0.6 is 0 Å². The lowest BCUT2D eigenvalue weighted by molar-refractivity contribution is -0.803. The molecule has 144 valence electrons. The Hall–Kier alpha value is -4.32. The van der Waals surface area contributed by atoms with Crippen molar-refractivity contribution in [1.82, 2.24) is 5.16 Å². The maximum Gasteiger partial charge on any atom is 0.300 e. The molecule has 5 rings (SSSR count). The maximum atomic E-state index is 13.3. The molecule has 0 aliphatic rings. The summed E-state index contributed by atoms with van der Waals surface area (Å²) >= 11 is 0. The number of hydrogen-bond acceptors (Lipinski definition) is 5. The molecule has 0 bridgehead atoms. The van der Waals surface area contributed by atoms with E-state index in [0.29, 0.717) is 21.9 Å². The summed E-state index contributed by atoms with van der Waals surface area (Å²) in [6, 6.07) is 25.2. The maximum absolute atomic E-state index is 13.3. The van der Waals surface area contributed by atoms with Crippen molar-refractivity contribution < 1.29 is 19.1 Å². The Kier molecular flexibility index (Phi) is 4.10.